The van der Waals surface area contributed by atoms with Gasteiger partial charge >= 0.3 is 0 Å². The van der Waals surface area contributed by atoms with Gasteiger partial charge in [0.05, 0.1) is 27.8 Å². The lowest BCUT2D eigenvalue weighted by molar-refractivity contribution is 0.102. The maximum Gasteiger partial charge on any atom is 0.257 e. The van der Waals surface area contributed by atoms with E-state index < -0.39 is 5.91 Å². The van der Waals surface area contributed by atoms with Crippen LogP contribution in [0.4, 0.5) is 10.1 Å². The number of amides is 1. The molecule has 0 aliphatic rings. The van der Waals surface area contributed by atoms with Crippen LogP contribution < -0.4 is 10.9 Å². The number of nitrogens with one attached hydrogen (secondary N) is 1. The standard InChI is InChI=1S/C19H13Cl2FN2O2/c20-15-2-1-3-16(18(15)21)23-19(26)13-6-9-17(25)24(11-13)10-12-4-7-14(22)8-5-12/h1-9,11H,10H2,(H,23,26). The highest BCUT2D eigenvalue weighted by Crippen LogP contribution is 2.29. The lowest BCUT2D eigenvalue weighted by Crippen LogP contribution is -2.22. The first-order valence-corrected chi connectivity index (χ1v) is 8.40. The van der Waals surface area contributed by atoms with Crippen molar-refractivity contribution in [2.24, 2.45) is 0 Å². The minimum atomic E-state index is -0.429. The van der Waals surface area contributed by atoms with E-state index in [0.29, 0.717) is 10.7 Å². The monoisotopic (exact) mass is 390 g/mol. The van der Waals surface area contributed by atoms with Crippen molar-refractivity contribution >= 4 is 34.8 Å². The predicted molar refractivity (Wildman–Crippen MR) is 101 cm³/mol. The summed E-state index contributed by atoms with van der Waals surface area (Å²) in [6.45, 7) is 0.220. The fraction of sp³-hybridized carbons (Fsp3) is 0.0526. The van der Waals surface area contributed by atoms with Gasteiger partial charge in [-0.2, -0.15) is 0 Å². The zero-order valence-corrected chi connectivity index (χ0v) is 14.9. The van der Waals surface area contributed by atoms with Gasteiger partial charge in [0, 0.05) is 12.3 Å². The zero-order chi connectivity index (χ0) is 18.7. The first-order chi connectivity index (χ1) is 12.4. The summed E-state index contributed by atoms with van der Waals surface area (Å²) >= 11 is 12.0. The van der Waals surface area contributed by atoms with Crippen molar-refractivity contribution in [3.05, 3.63) is 98.1 Å². The van der Waals surface area contributed by atoms with Gasteiger partial charge in [0.1, 0.15) is 5.82 Å². The smallest absolute Gasteiger partial charge is 0.257 e. The quantitative estimate of drug-likeness (QED) is 0.707. The summed E-state index contributed by atoms with van der Waals surface area (Å²) in [5.41, 5.74) is 1.12. The summed E-state index contributed by atoms with van der Waals surface area (Å²) in [7, 11) is 0. The minimum Gasteiger partial charge on any atom is -0.321 e. The van der Waals surface area contributed by atoms with E-state index in [9.17, 15) is 14.0 Å². The van der Waals surface area contributed by atoms with E-state index in [1.54, 1.807) is 30.3 Å². The molecule has 0 saturated carbocycles. The van der Waals surface area contributed by atoms with Gasteiger partial charge in [-0.15, -0.1) is 0 Å². The molecule has 0 unspecified atom stereocenters. The molecule has 4 nitrogen and oxygen atoms in total. The van der Waals surface area contributed by atoms with E-state index in [1.807, 2.05) is 0 Å². The van der Waals surface area contributed by atoms with Gasteiger partial charge in [0.25, 0.3) is 11.5 Å². The highest BCUT2D eigenvalue weighted by atomic mass is 35.5. The maximum atomic E-state index is 13.0. The second-order valence-corrected chi connectivity index (χ2v) is 6.35. The number of aromatic nitrogens is 1. The Morgan fingerprint density at radius 3 is 2.50 bits per heavy atom. The summed E-state index contributed by atoms with van der Waals surface area (Å²) in [6, 6.07) is 13.4. The summed E-state index contributed by atoms with van der Waals surface area (Å²) in [5, 5.41) is 3.23. The number of rotatable bonds is 4. The topological polar surface area (TPSA) is 51.1 Å². The molecule has 132 valence electrons. The van der Waals surface area contributed by atoms with Crippen molar-refractivity contribution < 1.29 is 9.18 Å². The average Bonchev–Trinajstić information content (AvgIpc) is 2.62. The third-order valence-electron chi connectivity index (χ3n) is 3.71. The fourth-order valence-corrected chi connectivity index (χ4v) is 2.72. The third-order valence-corrected chi connectivity index (χ3v) is 4.53. The van der Waals surface area contributed by atoms with Crippen LogP contribution in [0.25, 0.3) is 0 Å². The van der Waals surface area contributed by atoms with Gasteiger partial charge in [0.15, 0.2) is 0 Å². The van der Waals surface area contributed by atoms with E-state index in [4.69, 9.17) is 23.2 Å². The lowest BCUT2D eigenvalue weighted by Gasteiger charge is -2.10. The van der Waals surface area contributed by atoms with Crippen molar-refractivity contribution in [3.8, 4) is 0 Å². The number of hydrogen-bond acceptors (Lipinski definition) is 2. The van der Waals surface area contributed by atoms with Crippen LogP contribution in [0.15, 0.2) is 65.6 Å². The highest BCUT2D eigenvalue weighted by molar-refractivity contribution is 6.44. The number of halogens is 3. The molecule has 0 bridgehead atoms. The molecule has 0 saturated heterocycles. The summed E-state index contributed by atoms with van der Waals surface area (Å²) in [6.07, 6.45) is 1.44. The molecular weight excluding hydrogens is 378 g/mol. The van der Waals surface area contributed by atoms with Gasteiger partial charge in [0.2, 0.25) is 0 Å². The molecular formula is C19H13Cl2FN2O2. The average molecular weight is 391 g/mol. The molecule has 1 amide bonds. The summed E-state index contributed by atoms with van der Waals surface area (Å²) in [4.78, 5) is 24.5. The molecule has 0 fully saturated rings. The van der Waals surface area contributed by atoms with Crippen LogP contribution in [0.1, 0.15) is 15.9 Å². The fourth-order valence-electron chi connectivity index (χ4n) is 2.37. The Bertz CT molecular complexity index is 1020. The van der Waals surface area contributed by atoms with Crippen LogP contribution in [0.2, 0.25) is 10.0 Å². The van der Waals surface area contributed by atoms with Crippen molar-refractivity contribution in [3.63, 3.8) is 0 Å². The van der Waals surface area contributed by atoms with Crippen LogP contribution in [-0.4, -0.2) is 10.5 Å². The molecule has 2 aromatic carbocycles. The van der Waals surface area contributed by atoms with Crippen LogP contribution in [0.3, 0.4) is 0 Å². The molecule has 0 radical (unpaired) electrons. The Labute approximate surface area is 158 Å². The Hall–Kier alpha value is -2.63. The first-order valence-electron chi connectivity index (χ1n) is 7.64. The van der Waals surface area contributed by atoms with Crippen LogP contribution in [-0.2, 0) is 6.54 Å². The zero-order valence-electron chi connectivity index (χ0n) is 13.4. The number of pyridine rings is 1. The third kappa shape index (κ3) is 4.12. The highest BCUT2D eigenvalue weighted by Gasteiger charge is 2.12. The molecule has 0 aliphatic heterocycles. The maximum absolute atomic E-state index is 13.0. The van der Waals surface area contributed by atoms with Crippen LogP contribution in [0.5, 0.6) is 0 Å². The Balaban J connectivity index is 1.84. The van der Waals surface area contributed by atoms with E-state index in [1.165, 1.54) is 35.0 Å². The molecule has 1 heterocycles. The van der Waals surface area contributed by atoms with Crippen molar-refractivity contribution in [2.75, 3.05) is 5.32 Å². The van der Waals surface area contributed by atoms with E-state index >= 15 is 0 Å². The summed E-state index contributed by atoms with van der Waals surface area (Å²) < 4.78 is 14.4. The molecule has 0 aliphatic carbocycles. The molecule has 3 aromatic rings. The second kappa shape index (κ2) is 7.72. The van der Waals surface area contributed by atoms with Gasteiger partial charge in [-0.1, -0.05) is 41.4 Å². The Morgan fingerprint density at radius 2 is 1.77 bits per heavy atom. The number of carbonyl (C=O) groups is 1. The molecule has 0 spiro atoms. The Kier molecular flexibility index (Phi) is 5.40. The number of benzene rings is 2. The van der Waals surface area contributed by atoms with Crippen LogP contribution >= 0.6 is 23.2 Å². The van der Waals surface area contributed by atoms with Gasteiger partial charge in [-0.25, -0.2) is 4.39 Å². The molecule has 26 heavy (non-hydrogen) atoms. The lowest BCUT2D eigenvalue weighted by atomic mass is 10.2. The van der Waals surface area contributed by atoms with E-state index in [2.05, 4.69) is 5.32 Å². The van der Waals surface area contributed by atoms with Crippen molar-refractivity contribution in [1.82, 2.24) is 4.57 Å². The number of hydrogen-bond donors (Lipinski definition) is 1. The number of anilines is 1. The van der Waals surface area contributed by atoms with Crippen molar-refractivity contribution in [2.45, 2.75) is 6.54 Å². The SMILES string of the molecule is O=C(Nc1cccc(Cl)c1Cl)c1ccc(=O)n(Cc2ccc(F)cc2)c1. The number of carbonyl (C=O) groups excluding carboxylic acids is 1. The molecule has 3 rings (SSSR count). The van der Waals surface area contributed by atoms with Gasteiger partial charge < -0.3 is 9.88 Å². The molecule has 0 atom stereocenters. The van der Waals surface area contributed by atoms with Crippen LogP contribution in [0, 0.1) is 5.82 Å². The second-order valence-electron chi connectivity index (χ2n) is 5.57. The van der Waals surface area contributed by atoms with E-state index in [-0.39, 0.29) is 28.5 Å². The van der Waals surface area contributed by atoms with E-state index in [0.717, 1.165) is 5.56 Å². The molecule has 7 heteroatoms. The Morgan fingerprint density at radius 1 is 1.04 bits per heavy atom. The largest absolute Gasteiger partial charge is 0.321 e. The predicted octanol–water partition coefficient (Wildman–Crippen LogP) is 4.59. The van der Waals surface area contributed by atoms with Crippen molar-refractivity contribution in [1.29, 1.82) is 0 Å². The normalized spacial score (nSPS) is 10.6. The minimum absolute atomic E-state index is 0.220. The first kappa shape index (κ1) is 18.2. The number of nitrogens with zero attached hydrogens (tertiary/aromatic N) is 1. The summed E-state index contributed by atoms with van der Waals surface area (Å²) in [5.74, 6) is -0.783. The molecule has 1 N–H and O–H groups in total. The molecule has 1 aromatic heterocycles. The van der Waals surface area contributed by atoms with Gasteiger partial charge in [-0.05, 0) is 35.9 Å². The van der Waals surface area contributed by atoms with Gasteiger partial charge in [-0.3, -0.25) is 9.59 Å².